The summed E-state index contributed by atoms with van der Waals surface area (Å²) < 4.78 is 5.94. The first-order valence-electron chi connectivity index (χ1n) is 7.47. The smallest absolute Gasteiger partial charge is 0.280 e. The molecule has 2 unspecified atom stereocenters. The molecule has 1 aromatic carbocycles. The molecule has 0 aliphatic heterocycles. The lowest BCUT2D eigenvalue weighted by atomic mass is 9.85. The van der Waals surface area contributed by atoms with E-state index in [9.17, 15) is 14.9 Å². The van der Waals surface area contributed by atoms with Crippen molar-refractivity contribution in [1.82, 2.24) is 0 Å². The van der Waals surface area contributed by atoms with Gasteiger partial charge in [-0.3, -0.25) is 14.9 Å². The highest BCUT2D eigenvalue weighted by atomic mass is 16.6. The minimum absolute atomic E-state index is 0.111. The quantitative estimate of drug-likeness (QED) is 0.464. The van der Waals surface area contributed by atoms with E-state index in [1.807, 2.05) is 0 Å². The van der Waals surface area contributed by atoms with Gasteiger partial charge in [-0.1, -0.05) is 19.8 Å². The highest BCUT2D eigenvalue weighted by Crippen LogP contribution is 2.31. The number of ketones is 1. The maximum Gasteiger partial charge on any atom is 0.280 e. The van der Waals surface area contributed by atoms with Crippen LogP contribution in [0.2, 0.25) is 0 Å². The van der Waals surface area contributed by atoms with E-state index in [0.29, 0.717) is 11.7 Å². The van der Waals surface area contributed by atoms with Gasteiger partial charge in [0, 0.05) is 6.07 Å². The first kappa shape index (κ1) is 15.5. The maximum atomic E-state index is 11.6. The zero-order valence-corrected chi connectivity index (χ0v) is 12.5. The minimum atomic E-state index is -0.533. The molecule has 114 valence electrons. The molecule has 1 fully saturated rings. The van der Waals surface area contributed by atoms with Crippen LogP contribution >= 0.6 is 0 Å². The van der Waals surface area contributed by atoms with Crippen LogP contribution in [-0.4, -0.2) is 16.8 Å². The van der Waals surface area contributed by atoms with Crippen molar-refractivity contribution >= 4 is 11.5 Å². The zero-order chi connectivity index (χ0) is 15.4. The first-order valence-corrected chi connectivity index (χ1v) is 7.47. The molecule has 21 heavy (non-hydrogen) atoms. The molecule has 5 heteroatoms. The molecule has 1 aliphatic rings. The van der Waals surface area contributed by atoms with Gasteiger partial charge in [-0.2, -0.15) is 0 Å². The Balaban J connectivity index is 2.15. The molecule has 2 rings (SSSR count). The minimum Gasteiger partial charge on any atom is -0.490 e. The molecule has 2 atom stereocenters. The van der Waals surface area contributed by atoms with E-state index in [2.05, 4.69) is 6.92 Å². The molecule has 0 saturated heterocycles. The van der Waals surface area contributed by atoms with E-state index in [1.165, 1.54) is 25.5 Å². The van der Waals surface area contributed by atoms with Gasteiger partial charge in [0.2, 0.25) is 0 Å². The fourth-order valence-corrected chi connectivity index (χ4v) is 2.94. The van der Waals surface area contributed by atoms with E-state index in [4.69, 9.17) is 4.74 Å². The summed E-state index contributed by atoms with van der Waals surface area (Å²) in [5, 5.41) is 10.9. The molecular formula is C16H21NO4. The number of benzene rings is 1. The van der Waals surface area contributed by atoms with Crippen molar-refractivity contribution in [3.05, 3.63) is 33.9 Å². The van der Waals surface area contributed by atoms with Crippen LogP contribution in [-0.2, 0) is 0 Å². The molecule has 0 bridgehead atoms. The van der Waals surface area contributed by atoms with Crippen LogP contribution in [0.3, 0.4) is 0 Å². The van der Waals surface area contributed by atoms with Gasteiger partial charge >= 0.3 is 0 Å². The topological polar surface area (TPSA) is 69.4 Å². The van der Waals surface area contributed by atoms with Crippen LogP contribution < -0.4 is 4.74 Å². The summed E-state index contributed by atoms with van der Waals surface area (Å²) in [5.41, 5.74) is -0.0507. The molecular weight excluding hydrogens is 270 g/mol. The number of Topliss-reactive ketones (excluding diaryl/α,β-unsaturated/α-hetero) is 1. The van der Waals surface area contributed by atoms with Crippen LogP contribution in [0, 0.1) is 16.0 Å². The number of nitro benzene ring substituents is 1. The molecule has 0 amide bonds. The summed E-state index contributed by atoms with van der Waals surface area (Å²) in [7, 11) is 0. The van der Waals surface area contributed by atoms with Gasteiger partial charge < -0.3 is 4.74 Å². The number of carbonyl (C=O) groups is 1. The third kappa shape index (κ3) is 3.80. The zero-order valence-electron chi connectivity index (χ0n) is 12.5. The summed E-state index contributed by atoms with van der Waals surface area (Å²) >= 11 is 0. The van der Waals surface area contributed by atoms with E-state index in [1.54, 1.807) is 6.07 Å². The summed E-state index contributed by atoms with van der Waals surface area (Å²) in [6, 6.07) is 4.43. The molecule has 0 N–H and O–H groups in total. The summed E-state index contributed by atoms with van der Waals surface area (Å²) in [5.74, 6) is 0.920. The summed E-state index contributed by atoms with van der Waals surface area (Å²) in [4.78, 5) is 21.9. The first-order chi connectivity index (χ1) is 10.0. The second kappa shape index (κ2) is 6.70. The number of nitro groups is 1. The molecule has 0 aromatic heterocycles. The third-order valence-corrected chi connectivity index (χ3v) is 4.16. The second-order valence-electron chi connectivity index (χ2n) is 5.67. The van der Waals surface area contributed by atoms with Gasteiger partial charge in [0.25, 0.3) is 5.69 Å². The van der Waals surface area contributed by atoms with Crippen molar-refractivity contribution in [2.45, 2.75) is 52.1 Å². The van der Waals surface area contributed by atoms with E-state index < -0.39 is 4.92 Å². The predicted molar refractivity (Wildman–Crippen MR) is 79.8 cm³/mol. The molecule has 1 aromatic rings. The molecule has 0 heterocycles. The third-order valence-electron chi connectivity index (χ3n) is 4.16. The lowest BCUT2D eigenvalue weighted by Gasteiger charge is -2.29. The predicted octanol–water partition coefficient (Wildman–Crippen LogP) is 4.15. The largest absolute Gasteiger partial charge is 0.490 e. The van der Waals surface area contributed by atoms with Crippen molar-refractivity contribution in [3.8, 4) is 5.75 Å². The van der Waals surface area contributed by atoms with Gasteiger partial charge in [-0.25, -0.2) is 0 Å². The Hall–Kier alpha value is -1.91. The Morgan fingerprint density at radius 1 is 1.43 bits per heavy atom. The Morgan fingerprint density at radius 3 is 2.81 bits per heavy atom. The van der Waals surface area contributed by atoms with Crippen LogP contribution in [0.1, 0.15) is 56.3 Å². The van der Waals surface area contributed by atoms with E-state index in [0.717, 1.165) is 25.7 Å². The number of ether oxygens (including phenoxy) is 1. The summed E-state index contributed by atoms with van der Waals surface area (Å²) in [6.45, 7) is 3.52. The van der Waals surface area contributed by atoms with Gasteiger partial charge in [0.1, 0.15) is 5.75 Å². The monoisotopic (exact) mass is 291 g/mol. The van der Waals surface area contributed by atoms with Crippen LogP contribution in [0.4, 0.5) is 5.69 Å². The number of hydrogen-bond donors (Lipinski definition) is 0. The Bertz CT molecular complexity index is 541. The van der Waals surface area contributed by atoms with Gasteiger partial charge in [-0.05, 0) is 44.2 Å². The molecule has 5 nitrogen and oxygen atoms in total. The van der Waals surface area contributed by atoms with E-state index in [-0.39, 0.29) is 23.1 Å². The van der Waals surface area contributed by atoms with Gasteiger partial charge in [-0.15, -0.1) is 0 Å². The van der Waals surface area contributed by atoms with Crippen molar-refractivity contribution in [1.29, 1.82) is 0 Å². The average Bonchev–Trinajstić information content (AvgIpc) is 2.47. The molecule has 1 saturated carbocycles. The number of hydrogen-bond acceptors (Lipinski definition) is 4. The number of rotatable bonds is 5. The fourth-order valence-electron chi connectivity index (χ4n) is 2.94. The second-order valence-corrected chi connectivity index (χ2v) is 5.67. The highest BCUT2D eigenvalue weighted by Gasteiger charge is 2.23. The van der Waals surface area contributed by atoms with Crippen molar-refractivity contribution < 1.29 is 14.5 Å². The van der Waals surface area contributed by atoms with E-state index >= 15 is 0 Å². The van der Waals surface area contributed by atoms with Crippen LogP contribution in [0.5, 0.6) is 5.75 Å². The molecule has 0 radical (unpaired) electrons. The summed E-state index contributed by atoms with van der Waals surface area (Å²) in [6.07, 6.45) is 5.71. The molecule has 0 spiro atoms. The van der Waals surface area contributed by atoms with Gasteiger partial charge in [0.05, 0.1) is 16.6 Å². The Labute approximate surface area is 124 Å². The standard InChI is InChI=1S/C16H21NO4/c1-3-12-5-4-6-13(9-12)21-14-7-8-16(17(19)20)15(10-14)11(2)18/h7-8,10,12-13H,3-6,9H2,1-2H3. The van der Waals surface area contributed by atoms with Crippen molar-refractivity contribution in [2.75, 3.05) is 0 Å². The highest BCUT2D eigenvalue weighted by molar-refractivity contribution is 5.98. The maximum absolute atomic E-state index is 11.6. The van der Waals surface area contributed by atoms with Crippen LogP contribution in [0.15, 0.2) is 18.2 Å². The Morgan fingerprint density at radius 2 is 2.19 bits per heavy atom. The number of carbonyl (C=O) groups excluding carboxylic acids is 1. The SMILES string of the molecule is CCC1CCCC(Oc2ccc([N+](=O)[O-])c(C(C)=O)c2)C1. The van der Waals surface area contributed by atoms with Crippen LogP contribution in [0.25, 0.3) is 0 Å². The Kier molecular flexibility index (Phi) is 4.94. The average molecular weight is 291 g/mol. The van der Waals surface area contributed by atoms with Gasteiger partial charge in [0.15, 0.2) is 5.78 Å². The fraction of sp³-hybridized carbons (Fsp3) is 0.562. The lowest BCUT2D eigenvalue weighted by molar-refractivity contribution is -0.385. The number of nitrogens with zero attached hydrogens (tertiary/aromatic N) is 1. The van der Waals surface area contributed by atoms with Crippen molar-refractivity contribution in [2.24, 2.45) is 5.92 Å². The normalized spacial score (nSPS) is 21.8. The van der Waals surface area contributed by atoms with Crippen molar-refractivity contribution in [3.63, 3.8) is 0 Å². The lowest BCUT2D eigenvalue weighted by Crippen LogP contribution is -2.25. The molecule has 1 aliphatic carbocycles.